The molecule has 2 aromatic carbocycles. The van der Waals surface area contributed by atoms with Crippen molar-refractivity contribution < 1.29 is 9.59 Å². The number of rotatable bonds is 4. The first-order valence-corrected chi connectivity index (χ1v) is 10.4. The number of hydrogen-bond donors (Lipinski definition) is 2. The van der Waals surface area contributed by atoms with E-state index in [4.69, 9.17) is 5.41 Å². The molecule has 1 heterocycles. The lowest BCUT2D eigenvalue weighted by Crippen LogP contribution is -2.16. The predicted molar refractivity (Wildman–Crippen MR) is 127 cm³/mol. The number of carbonyl (C=O) groups is 2. The summed E-state index contributed by atoms with van der Waals surface area (Å²) in [6, 6.07) is 15.1. The van der Waals surface area contributed by atoms with Gasteiger partial charge in [-0.25, -0.2) is 0 Å². The zero-order valence-electron chi connectivity index (χ0n) is 19.0. The van der Waals surface area contributed by atoms with Crippen molar-refractivity contribution in [3.8, 4) is 0 Å². The maximum atomic E-state index is 12.7. The van der Waals surface area contributed by atoms with Gasteiger partial charge in [0.2, 0.25) is 0 Å². The second kappa shape index (κ2) is 11.7. The second-order valence-electron chi connectivity index (χ2n) is 6.40. The molecule has 2 N–H and O–H groups in total. The van der Waals surface area contributed by atoms with Crippen LogP contribution in [0.15, 0.2) is 59.7 Å². The van der Waals surface area contributed by atoms with Crippen LogP contribution < -0.4 is 5.32 Å². The van der Waals surface area contributed by atoms with Gasteiger partial charge in [-0.05, 0) is 49.1 Å². The average molecular weight is 405 g/mol. The number of allylic oxidation sites excluding steroid dienone is 1. The summed E-state index contributed by atoms with van der Waals surface area (Å²) >= 11 is 0. The Hall–Kier alpha value is -3.27. The van der Waals surface area contributed by atoms with E-state index in [2.05, 4.69) is 5.32 Å². The normalized spacial score (nSPS) is 14.0. The lowest BCUT2D eigenvalue weighted by atomic mass is 9.92. The van der Waals surface area contributed by atoms with Gasteiger partial charge in [0, 0.05) is 6.21 Å². The Bertz CT molecular complexity index is 998. The summed E-state index contributed by atoms with van der Waals surface area (Å²) in [5.41, 5.74) is 5.53. The monoisotopic (exact) mass is 404 g/mol. The fraction of sp³-hybridized carbons (Fsp3) is 0.269. The van der Waals surface area contributed by atoms with Gasteiger partial charge in [-0.1, -0.05) is 75.7 Å². The molecule has 4 nitrogen and oxygen atoms in total. The molecule has 1 amide bonds. The lowest BCUT2D eigenvalue weighted by Gasteiger charge is -2.09. The van der Waals surface area contributed by atoms with Gasteiger partial charge < -0.3 is 10.7 Å². The van der Waals surface area contributed by atoms with Crippen molar-refractivity contribution in [1.29, 1.82) is 5.41 Å². The number of ketones is 1. The minimum Gasteiger partial charge on any atom is -0.321 e. The number of aryl methyl sites for hydroxylation is 1. The average Bonchev–Trinajstić information content (AvgIpc) is 3.13. The molecule has 0 bridgehead atoms. The molecule has 0 unspecified atom stereocenters. The van der Waals surface area contributed by atoms with E-state index in [1.165, 1.54) is 13.1 Å². The highest BCUT2D eigenvalue weighted by molar-refractivity contribution is 6.25. The molecule has 30 heavy (non-hydrogen) atoms. The zero-order valence-corrected chi connectivity index (χ0v) is 19.0. The van der Waals surface area contributed by atoms with Crippen LogP contribution in [-0.2, 0) is 9.59 Å². The molecule has 2 aromatic rings. The van der Waals surface area contributed by atoms with Crippen molar-refractivity contribution in [2.75, 3.05) is 0 Å². The summed E-state index contributed by atoms with van der Waals surface area (Å²) in [4.78, 5) is 25.1. The first kappa shape index (κ1) is 24.8. The minimum atomic E-state index is -0.274. The third-order valence-corrected chi connectivity index (χ3v) is 4.49. The van der Waals surface area contributed by atoms with Gasteiger partial charge in [-0.2, -0.15) is 0 Å². The van der Waals surface area contributed by atoms with E-state index in [0.29, 0.717) is 22.4 Å². The lowest BCUT2D eigenvalue weighted by molar-refractivity contribution is -0.117. The molecule has 158 valence electrons. The molecule has 1 aliphatic heterocycles. The van der Waals surface area contributed by atoms with Crippen LogP contribution in [0.3, 0.4) is 0 Å². The molecule has 0 saturated carbocycles. The maximum Gasteiger partial charge on any atom is 0.256 e. The summed E-state index contributed by atoms with van der Waals surface area (Å²) in [6.07, 6.45) is 1.24. The highest BCUT2D eigenvalue weighted by Gasteiger charge is 2.32. The Morgan fingerprint density at radius 3 is 2.17 bits per heavy atom. The van der Waals surface area contributed by atoms with Crippen molar-refractivity contribution >= 4 is 29.2 Å². The Morgan fingerprint density at radius 2 is 1.60 bits per heavy atom. The van der Waals surface area contributed by atoms with Gasteiger partial charge in [0.25, 0.3) is 5.91 Å². The minimum absolute atomic E-state index is 0.166. The molecule has 1 aliphatic rings. The van der Waals surface area contributed by atoms with Crippen LogP contribution in [0.1, 0.15) is 63.8 Å². The second-order valence-corrected chi connectivity index (χ2v) is 6.40. The molecule has 0 saturated heterocycles. The SMILES string of the molecule is CC.CC.CC(=O)C1=C(c2cccc(C=N)c2)NC(=O)/C1=C(/C)c1cccc(C)c1. The summed E-state index contributed by atoms with van der Waals surface area (Å²) < 4.78 is 0. The molecule has 0 aromatic heterocycles. The predicted octanol–water partition coefficient (Wildman–Crippen LogP) is 5.95. The molecule has 0 atom stereocenters. The van der Waals surface area contributed by atoms with Crippen molar-refractivity contribution in [2.24, 2.45) is 0 Å². The Kier molecular flexibility index (Phi) is 9.63. The summed E-state index contributed by atoms with van der Waals surface area (Å²) in [6.45, 7) is 13.3. The van der Waals surface area contributed by atoms with E-state index in [1.807, 2.05) is 77.9 Å². The smallest absolute Gasteiger partial charge is 0.256 e. The molecule has 4 heteroatoms. The largest absolute Gasteiger partial charge is 0.321 e. The first-order chi connectivity index (χ1) is 14.4. The third kappa shape index (κ3) is 5.41. The topological polar surface area (TPSA) is 70.0 Å². The van der Waals surface area contributed by atoms with Crippen molar-refractivity contribution in [2.45, 2.75) is 48.5 Å². The highest BCUT2D eigenvalue weighted by atomic mass is 16.2. The zero-order chi connectivity index (χ0) is 22.8. The van der Waals surface area contributed by atoms with Crippen LogP contribution in [0.2, 0.25) is 0 Å². The first-order valence-electron chi connectivity index (χ1n) is 10.4. The van der Waals surface area contributed by atoms with E-state index in [9.17, 15) is 9.59 Å². The van der Waals surface area contributed by atoms with E-state index >= 15 is 0 Å². The van der Waals surface area contributed by atoms with Crippen LogP contribution >= 0.6 is 0 Å². The molecule has 0 spiro atoms. The maximum absolute atomic E-state index is 12.7. The fourth-order valence-corrected chi connectivity index (χ4v) is 3.21. The van der Waals surface area contributed by atoms with Gasteiger partial charge in [-0.3, -0.25) is 9.59 Å². The van der Waals surface area contributed by atoms with Crippen LogP contribution in [0.5, 0.6) is 0 Å². The molecule has 0 fully saturated rings. The number of nitrogens with one attached hydrogen (secondary N) is 2. The van der Waals surface area contributed by atoms with Crippen molar-refractivity contribution in [1.82, 2.24) is 5.32 Å². The summed E-state index contributed by atoms with van der Waals surface area (Å²) in [7, 11) is 0. The number of amides is 1. The van der Waals surface area contributed by atoms with Gasteiger partial charge in [0.1, 0.15) is 0 Å². The van der Waals surface area contributed by atoms with Gasteiger partial charge in [0.15, 0.2) is 5.78 Å². The van der Waals surface area contributed by atoms with Crippen LogP contribution in [0, 0.1) is 12.3 Å². The number of benzene rings is 2. The third-order valence-electron chi connectivity index (χ3n) is 4.49. The Morgan fingerprint density at radius 1 is 0.967 bits per heavy atom. The summed E-state index contributed by atoms with van der Waals surface area (Å²) in [5, 5.41) is 10.3. The molecule has 0 radical (unpaired) electrons. The van der Waals surface area contributed by atoms with E-state index in [0.717, 1.165) is 22.3 Å². The summed E-state index contributed by atoms with van der Waals surface area (Å²) in [5.74, 6) is -0.440. The number of hydrogen-bond acceptors (Lipinski definition) is 3. The van der Waals surface area contributed by atoms with Crippen molar-refractivity contribution in [3.63, 3.8) is 0 Å². The van der Waals surface area contributed by atoms with E-state index < -0.39 is 0 Å². The van der Waals surface area contributed by atoms with Gasteiger partial charge >= 0.3 is 0 Å². The van der Waals surface area contributed by atoms with Crippen LogP contribution in [0.25, 0.3) is 11.3 Å². The number of carbonyl (C=O) groups excluding carboxylic acids is 2. The Balaban J connectivity index is 0.00000106. The van der Waals surface area contributed by atoms with Gasteiger partial charge in [0.05, 0.1) is 16.8 Å². The standard InChI is InChI=1S/C22H20N2O2.2C2H6/c1-13-6-4-8-17(10-13)14(2)19-20(15(3)25)21(24-22(19)26)18-9-5-7-16(11-18)12-23;2*1-2/h4-12,23H,1-3H3,(H,24,26);2*1-2H3/b19-14-,23-12?;;. The van der Waals surface area contributed by atoms with Crippen LogP contribution in [0.4, 0.5) is 0 Å². The molecule has 0 aliphatic carbocycles. The van der Waals surface area contributed by atoms with E-state index in [1.54, 1.807) is 12.1 Å². The quantitative estimate of drug-likeness (QED) is 0.488. The number of Topliss-reactive ketones (excluding diaryl/α,β-unsaturated/α-hetero) is 1. The van der Waals surface area contributed by atoms with E-state index in [-0.39, 0.29) is 11.7 Å². The van der Waals surface area contributed by atoms with Crippen molar-refractivity contribution in [3.05, 3.63) is 81.9 Å². The highest BCUT2D eigenvalue weighted by Crippen LogP contribution is 2.34. The Labute approximate surface area is 180 Å². The molecule has 3 rings (SSSR count). The fourth-order valence-electron chi connectivity index (χ4n) is 3.21. The van der Waals surface area contributed by atoms with Crippen LogP contribution in [-0.4, -0.2) is 17.9 Å². The molecular formula is C26H32N2O2. The van der Waals surface area contributed by atoms with Gasteiger partial charge in [-0.15, -0.1) is 0 Å². The molecular weight excluding hydrogens is 372 g/mol.